The van der Waals surface area contributed by atoms with E-state index in [1.165, 1.54) is 6.07 Å². The van der Waals surface area contributed by atoms with E-state index in [1.54, 1.807) is 18.4 Å². The number of hydrogen-bond donors (Lipinski definition) is 1. The molecule has 10 heteroatoms. The smallest absolute Gasteiger partial charge is 0.344 e. The molecule has 0 aromatic carbocycles. The van der Waals surface area contributed by atoms with E-state index in [0.717, 1.165) is 23.5 Å². The molecule has 3 rings (SSSR count). The number of aromatic nitrogens is 1. The molecule has 5 nitrogen and oxygen atoms in total. The minimum Gasteiger partial charge on any atom is -0.344 e. The largest absolute Gasteiger partial charge is 0.433 e. The van der Waals surface area contributed by atoms with Crippen molar-refractivity contribution >= 4 is 27.1 Å². The fourth-order valence-electron chi connectivity index (χ4n) is 2.65. The summed E-state index contributed by atoms with van der Waals surface area (Å²) >= 11 is 1.06. The van der Waals surface area contributed by atoms with Crippen molar-refractivity contribution in [3.05, 3.63) is 46.6 Å². The molecule has 0 fully saturated rings. The number of carbonyl (C=O) groups excluding carboxylic acids is 1. The van der Waals surface area contributed by atoms with Crippen molar-refractivity contribution in [2.45, 2.75) is 35.0 Å². The third kappa shape index (κ3) is 3.28. The second-order valence-corrected chi connectivity index (χ2v) is 9.16. The minimum atomic E-state index is -4.65. The summed E-state index contributed by atoms with van der Waals surface area (Å²) in [6, 6.07) is 4.08. The van der Waals surface area contributed by atoms with Gasteiger partial charge >= 0.3 is 6.18 Å². The predicted molar refractivity (Wildman–Crippen MR) is 85.0 cm³/mol. The van der Waals surface area contributed by atoms with Crippen molar-refractivity contribution < 1.29 is 26.4 Å². The molecular formula is C15H13F3N2O3S2. The molecular weight excluding hydrogens is 377 g/mol. The fourth-order valence-corrected chi connectivity index (χ4v) is 5.88. The molecule has 2 aromatic rings. The van der Waals surface area contributed by atoms with Crippen molar-refractivity contribution in [2.75, 3.05) is 0 Å². The zero-order valence-corrected chi connectivity index (χ0v) is 14.5. The summed E-state index contributed by atoms with van der Waals surface area (Å²) in [7, 11) is -3.43. The van der Waals surface area contributed by atoms with Crippen molar-refractivity contribution in [1.29, 1.82) is 0 Å². The van der Waals surface area contributed by atoms with E-state index in [4.69, 9.17) is 0 Å². The Hall–Kier alpha value is -1.94. The topological polar surface area (TPSA) is 76.1 Å². The molecule has 134 valence electrons. The Kier molecular flexibility index (Phi) is 4.36. The number of amides is 1. The summed E-state index contributed by atoms with van der Waals surface area (Å²) in [6.45, 7) is 1.54. The van der Waals surface area contributed by atoms with Gasteiger partial charge in [0.15, 0.2) is 9.84 Å². The Bertz CT molecular complexity index is 922. The van der Waals surface area contributed by atoms with Gasteiger partial charge in [-0.2, -0.15) is 13.2 Å². The Morgan fingerprint density at radius 1 is 1.32 bits per heavy atom. The van der Waals surface area contributed by atoms with Crippen LogP contribution >= 0.6 is 11.3 Å². The summed E-state index contributed by atoms with van der Waals surface area (Å²) in [4.78, 5) is 15.7. The molecule has 1 amide bonds. The van der Waals surface area contributed by atoms with E-state index < -0.39 is 38.9 Å². The van der Waals surface area contributed by atoms with Gasteiger partial charge in [0.2, 0.25) is 0 Å². The normalized spacial score (nSPS) is 22.2. The quantitative estimate of drug-likeness (QED) is 0.854. The highest BCUT2D eigenvalue weighted by molar-refractivity contribution is 7.94. The van der Waals surface area contributed by atoms with Crippen LogP contribution in [0.25, 0.3) is 0 Å². The molecule has 1 N–H and O–H groups in total. The zero-order chi connectivity index (χ0) is 18.4. The van der Waals surface area contributed by atoms with Gasteiger partial charge in [-0.1, -0.05) is 6.07 Å². The van der Waals surface area contributed by atoms with E-state index in [9.17, 15) is 26.4 Å². The third-order valence-electron chi connectivity index (χ3n) is 3.97. The van der Waals surface area contributed by atoms with Crippen LogP contribution in [0.15, 0.2) is 33.9 Å². The van der Waals surface area contributed by atoms with E-state index in [1.807, 2.05) is 0 Å². The van der Waals surface area contributed by atoms with Crippen molar-refractivity contribution in [3.63, 3.8) is 0 Å². The molecule has 0 spiro atoms. The maximum atomic E-state index is 12.7. The second kappa shape index (κ2) is 6.10. The number of nitrogens with one attached hydrogen (secondary N) is 1. The Balaban J connectivity index is 1.88. The minimum absolute atomic E-state index is 0.150. The SMILES string of the molecule is C[C@H]1C[C@H](NC(=O)c2cccc(C(F)(F)F)n2)c2ccsc2S1(=O)=O. The van der Waals surface area contributed by atoms with Gasteiger partial charge in [0.25, 0.3) is 5.91 Å². The highest BCUT2D eigenvalue weighted by Crippen LogP contribution is 2.39. The maximum absolute atomic E-state index is 12.7. The summed E-state index contributed by atoms with van der Waals surface area (Å²) < 4.78 is 62.9. The number of hydrogen-bond acceptors (Lipinski definition) is 5. The molecule has 1 aliphatic rings. The van der Waals surface area contributed by atoms with E-state index in [2.05, 4.69) is 10.3 Å². The molecule has 0 bridgehead atoms. The molecule has 0 aliphatic carbocycles. The monoisotopic (exact) mass is 390 g/mol. The van der Waals surface area contributed by atoms with Crippen LogP contribution in [-0.2, 0) is 16.0 Å². The summed E-state index contributed by atoms with van der Waals surface area (Å²) in [5.74, 6) is -0.778. The van der Waals surface area contributed by atoms with Crippen LogP contribution in [0, 0.1) is 0 Å². The Morgan fingerprint density at radius 3 is 2.72 bits per heavy atom. The first-order valence-corrected chi connectivity index (χ1v) is 9.69. The van der Waals surface area contributed by atoms with Gasteiger partial charge in [0, 0.05) is 5.56 Å². The number of sulfone groups is 1. The summed E-state index contributed by atoms with van der Waals surface area (Å²) in [6.07, 6.45) is -4.50. The first-order valence-electron chi connectivity index (χ1n) is 7.27. The number of fused-ring (bicyclic) bond motifs is 1. The number of rotatable bonds is 2. The second-order valence-electron chi connectivity index (χ2n) is 5.69. The molecule has 2 atom stereocenters. The number of pyridine rings is 1. The Labute approximate surface area is 145 Å². The van der Waals surface area contributed by atoms with Gasteiger partial charge in [-0.05, 0) is 36.9 Å². The lowest BCUT2D eigenvalue weighted by molar-refractivity contribution is -0.141. The van der Waals surface area contributed by atoms with Crippen LogP contribution in [0.2, 0.25) is 0 Å². The molecule has 2 aromatic heterocycles. The molecule has 25 heavy (non-hydrogen) atoms. The average molecular weight is 390 g/mol. The highest BCUT2D eigenvalue weighted by Gasteiger charge is 2.38. The molecule has 1 aliphatic heterocycles. The standard InChI is InChI=1S/C15H13F3N2O3S2/c1-8-7-11(9-5-6-24-14(9)25(8,22)23)20-13(21)10-3-2-4-12(19-10)15(16,17)18/h2-6,8,11H,7H2,1H3,(H,20,21)/t8-,11-/m0/s1. The number of carbonyl (C=O) groups is 1. The van der Waals surface area contributed by atoms with Gasteiger partial charge in [0.1, 0.15) is 15.6 Å². The van der Waals surface area contributed by atoms with Gasteiger partial charge in [-0.25, -0.2) is 13.4 Å². The van der Waals surface area contributed by atoms with Crippen LogP contribution in [0.5, 0.6) is 0 Å². The van der Waals surface area contributed by atoms with Crippen LogP contribution < -0.4 is 5.32 Å². The molecule has 0 radical (unpaired) electrons. The fraction of sp³-hybridized carbons (Fsp3) is 0.333. The predicted octanol–water partition coefficient (Wildman–Crippen LogP) is 3.20. The van der Waals surface area contributed by atoms with Gasteiger partial charge in [0.05, 0.1) is 11.3 Å². The number of thiophene rings is 1. The number of halogens is 3. The first-order chi connectivity index (χ1) is 11.6. The zero-order valence-electron chi connectivity index (χ0n) is 12.9. The van der Waals surface area contributed by atoms with Crippen LogP contribution in [-0.4, -0.2) is 24.6 Å². The molecule has 3 heterocycles. The van der Waals surface area contributed by atoms with E-state index >= 15 is 0 Å². The highest BCUT2D eigenvalue weighted by atomic mass is 32.2. The van der Waals surface area contributed by atoms with Crippen LogP contribution in [0.4, 0.5) is 13.2 Å². The Morgan fingerprint density at radius 2 is 2.04 bits per heavy atom. The average Bonchev–Trinajstić information content (AvgIpc) is 3.03. The van der Waals surface area contributed by atoms with Gasteiger partial charge in [-0.3, -0.25) is 4.79 Å². The van der Waals surface area contributed by atoms with E-state index in [-0.39, 0.29) is 16.3 Å². The molecule has 0 saturated carbocycles. The third-order valence-corrected chi connectivity index (χ3v) is 7.68. The van der Waals surface area contributed by atoms with Crippen LogP contribution in [0.3, 0.4) is 0 Å². The van der Waals surface area contributed by atoms with Crippen molar-refractivity contribution in [1.82, 2.24) is 10.3 Å². The van der Waals surface area contributed by atoms with Gasteiger partial charge in [-0.15, -0.1) is 11.3 Å². The number of alkyl halides is 3. The van der Waals surface area contributed by atoms with Crippen molar-refractivity contribution in [3.8, 4) is 0 Å². The maximum Gasteiger partial charge on any atom is 0.433 e. The summed E-state index contributed by atoms with van der Waals surface area (Å²) in [5, 5.41) is 3.51. The first kappa shape index (κ1) is 17.9. The van der Waals surface area contributed by atoms with Crippen molar-refractivity contribution in [2.24, 2.45) is 0 Å². The van der Waals surface area contributed by atoms with Gasteiger partial charge < -0.3 is 5.32 Å². The molecule has 0 saturated heterocycles. The van der Waals surface area contributed by atoms with E-state index in [0.29, 0.717) is 5.56 Å². The lowest BCUT2D eigenvalue weighted by atomic mass is 10.0. The number of nitrogens with zero attached hydrogens (tertiary/aromatic N) is 1. The molecule has 0 unspecified atom stereocenters. The lowest BCUT2D eigenvalue weighted by Gasteiger charge is -2.27. The van der Waals surface area contributed by atoms with Crippen LogP contribution in [0.1, 0.15) is 41.1 Å². The lowest BCUT2D eigenvalue weighted by Crippen LogP contribution is -2.37. The summed E-state index contributed by atoms with van der Waals surface area (Å²) in [5.41, 5.74) is -1.06.